The van der Waals surface area contributed by atoms with E-state index >= 15 is 0 Å². The second-order valence-corrected chi connectivity index (χ2v) is 5.46. The monoisotopic (exact) mass is 283 g/mol. The van der Waals surface area contributed by atoms with Gasteiger partial charge in [0.2, 0.25) is 0 Å². The smallest absolute Gasteiger partial charge is 0.0450 e. The molecule has 16 heavy (non-hydrogen) atoms. The van der Waals surface area contributed by atoms with Gasteiger partial charge >= 0.3 is 0 Å². The summed E-state index contributed by atoms with van der Waals surface area (Å²) in [6.45, 7) is 4.68. The first-order valence-corrected chi connectivity index (χ1v) is 6.61. The Kier molecular flexibility index (Phi) is 3.55. The molecule has 0 saturated carbocycles. The lowest BCUT2D eigenvalue weighted by atomic mass is 10.1. The van der Waals surface area contributed by atoms with Crippen LogP contribution in [-0.2, 0) is 6.42 Å². The molecule has 0 spiro atoms. The van der Waals surface area contributed by atoms with Gasteiger partial charge in [-0.3, -0.25) is 0 Å². The number of halogens is 1. The lowest BCUT2D eigenvalue weighted by molar-refractivity contribution is 0.272. The summed E-state index contributed by atoms with van der Waals surface area (Å²) in [6, 6.07) is 7.28. The zero-order valence-electron chi connectivity index (χ0n) is 9.78. The summed E-state index contributed by atoms with van der Waals surface area (Å²) in [5.74, 6) is 0. The minimum atomic E-state index is 0.263. The highest BCUT2D eigenvalue weighted by Gasteiger charge is 2.31. The van der Waals surface area contributed by atoms with Crippen LogP contribution in [0.3, 0.4) is 0 Å². The zero-order chi connectivity index (χ0) is 11.7. The largest absolute Gasteiger partial charge is 0.396 e. The maximum Gasteiger partial charge on any atom is 0.0450 e. The van der Waals surface area contributed by atoms with E-state index < -0.39 is 0 Å². The van der Waals surface area contributed by atoms with Gasteiger partial charge in [-0.25, -0.2) is 0 Å². The fourth-order valence-corrected chi connectivity index (χ4v) is 3.13. The molecule has 1 aliphatic heterocycles. The average molecular weight is 284 g/mol. The average Bonchev–Trinajstić information content (AvgIpc) is 2.58. The van der Waals surface area contributed by atoms with Gasteiger partial charge in [0.1, 0.15) is 0 Å². The first-order valence-electron chi connectivity index (χ1n) is 5.81. The van der Waals surface area contributed by atoms with E-state index in [0.29, 0.717) is 12.1 Å². The molecule has 2 nitrogen and oxygen atoms in total. The number of hydrogen-bond acceptors (Lipinski definition) is 2. The molecule has 0 aliphatic carbocycles. The van der Waals surface area contributed by atoms with E-state index in [1.807, 2.05) is 0 Å². The van der Waals surface area contributed by atoms with Crippen LogP contribution >= 0.6 is 15.9 Å². The predicted molar refractivity (Wildman–Crippen MR) is 71.0 cm³/mol. The zero-order valence-corrected chi connectivity index (χ0v) is 11.4. The van der Waals surface area contributed by atoms with Crippen LogP contribution in [0, 0.1) is 0 Å². The van der Waals surface area contributed by atoms with Crippen molar-refractivity contribution < 1.29 is 5.11 Å². The van der Waals surface area contributed by atoms with E-state index in [1.54, 1.807) is 0 Å². The second kappa shape index (κ2) is 4.76. The molecular formula is C13H18BrNO. The fourth-order valence-electron chi connectivity index (χ4n) is 2.61. The van der Waals surface area contributed by atoms with Crippen molar-refractivity contribution in [2.24, 2.45) is 0 Å². The molecule has 1 unspecified atom stereocenters. The van der Waals surface area contributed by atoms with Crippen molar-refractivity contribution in [2.75, 3.05) is 11.5 Å². The molecule has 1 aromatic rings. The number of aliphatic hydroxyl groups is 1. The first-order chi connectivity index (χ1) is 7.65. The summed E-state index contributed by atoms with van der Waals surface area (Å²) in [7, 11) is 0. The highest BCUT2D eigenvalue weighted by molar-refractivity contribution is 9.10. The van der Waals surface area contributed by atoms with Gasteiger partial charge in [-0.15, -0.1) is 0 Å². The van der Waals surface area contributed by atoms with Crippen molar-refractivity contribution in [1.82, 2.24) is 0 Å². The molecule has 0 saturated heterocycles. The Morgan fingerprint density at radius 2 is 2.25 bits per heavy atom. The van der Waals surface area contributed by atoms with Gasteiger partial charge in [0.25, 0.3) is 0 Å². The minimum absolute atomic E-state index is 0.263. The Balaban J connectivity index is 2.37. The van der Waals surface area contributed by atoms with Crippen molar-refractivity contribution in [3.05, 3.63) is 28.2 Å². The van der Waals surface area contributed by atoms with E-state index in [0.717, 1.165) is 12.8 Å². The van der Waals surface area contributed by atoms with Crippen LogP contribution < -0.4 is 4.90 Å². The molecule has 0 bridgehead atoms. The number of rotatable bonds is 3. The SMILES string of the molecule is CC(C)N1c2cccc(Br)c2CC1CCO. The molecule has 1 heterocycles. The highest BCUT2D eigenvalue weighted by atomic mass is 79.9. The Bertz CT molecular complexity index is 378. The van der Waals surface area contributed by atoms with Crippen LogP contribution in [0.15, 0.2) is 22.7 Å². The lowest BCUT2D eigenvalue weighted by Gasteiger charge is -2.31. The van der Waals surface area contributed by atoms with Gasteiger partial charge in [-0.2, -0.15) is 0 Å². The number of nitrogens with zero attached hydrogens (tertiary/aromatic N) is 1. The Morgan fingerprint density at radius 1 is 1.50 bits per heavy atom. The molecule has 1 N–H and O–H groups in total. The fraction of sp³-hybridized carbons (Fsp3) is 0.538. The summed E-state index contributed by atoms with van der Waals surface area (Å²) in [4.78, 5) is 2.43. The Morgan fingerprint density at radius 3 is 2.88 bits per heavy atom. The van der Waals surface area contributed by atoms with E-state index in [-0.39, 0.29) is 6.61 Å². The molecule has 1 atom stereocenters. The summed E-state index contributed by atoms with van der Waals surface area (Å²) in [5.41, 5.74) is 2.71. The van der Waals surface area contributed by atoms with Gasteiger partial charge in [0.15, 0.2) is 0 Å². The third-order valence-corrected chi connectivity index (χ3v) is 3.97. The normalized spacial score (nSPS) is 19.3. The van der Waals surface area contributed by atoms with E-state index in [2.05, 4.69) is 52.9 Å². The molecule has 1 aromatic carbocycles. The van der Waals surface area contributed by atoms with Crippen molar-refractivity contribution in [3.8, 4) is 0 Å². The van der Waals surface area contributed by atoms with E-state index in [4.69, 9.17) is 5.11 Å². The van der Waals surface area contributed by atoms with Crippen molar-refractivity contribution in [1.29, 1.82) is 0 Å². The van der Waals surface area contributed by atoms with E-state index in [1.165, 1.54) is 15.7 Å². The number of benzene rings is 1. The van der Waals surface area contributed by atoms with E-state index in [9.17, 15) is 0 Å². The molecule has 3 heteroatoms. The van der Waals surface area contributed by atoms with Gasteiger partial charge in [-0.05, 0) is 44.4 Å². The maximum atomic E-state index is 9.14. The standard InChI is InChI=1S/C13H18BrNO/c1-9(2)15-10(6-7-16)8-11-12(14)4-3-5-13(11)15/h3-5,9-10,16H,6-8H2,1-2H3. The number of hydrogen-bond donors (Lipinski definition) is 1. The van der Waals surface area contributed by atoms with Gasteiger partial charge < -0.3 is 10.0 Å². The highest BCUT2D eigenvalue weighted by Crippen LogP contribution is 2.38. The summed E-state index contributed by atoms with van der Waals surface area (Å²) in [5, 5.41) is 9.14. The van der Waals surface area contributed by atoms with Crippen LogP contribution in [0.1, 0.15) is 25.8 Å². The second-order valence-electron chi connectivity index (χ2n) is 4.61. The van der Waals surface area contributed by atoms with Crippen molar-refractivity contribution >= 4 is 21.6 Å². The van der Waals surface area contributed by atoms with Crippen LogP contribution in [0.4, 0.5) is 5.69 Å². The van der Waals surface area contributed by atoms with Crippen LogP contribution in [0.25, 0.3) is 0 Å². The number of aliphatic hydroxyl groups excluding tert-OH is 1. The van der Waals surface area contributed by atoms with Crippen LogP contribution in [0.2, 0.25) is 0 Å². The van der Waals surface area contributed by atoms with Gasteiger partial charge in [0, 0.05) is 28.9 Å². The third-order valence-electron chi connectivity index (χ3n) is 3.22. The molecule has 0 aromatic heterocycles. The first kappa shape index (κ1) is 11.9. The van der Waals surface area contributed by atoms with Crippen LogP contribution in [-0.4, -0.2) is 23.8 Å². The predicted octanol–water partition coefficient (Wildman–Crippen LogP) is 2.97. The number of fused-ring (bicyclic) bond motifs is 1. The van der Waals surface area contributed by atoms with Crippen molar-refractivity contribution in [2.45, 2.75) is 38.8 Å². The molecule has 0 radical (unpaired) electrons. The molecule has 0 fully saturated rings. The molecular weight excluding hydrogens is 266 g/mol. The lowest BCUT2D eigenvalue weighted by Crippen LogP contribution is -2.38. The van der Waals surface area contributed by atoms with Gasteiger partial charge in [-0.1, -0.05) is 22.0 Å². The number of anilines is 1. The van der Waals surface area contributed by atoms with Crippen molar-refractivity contribution in [3.63, 3.8) is 0 Å². The minimum Gasteiger partial charge on any atom is -0.396 e. The molecule has 2 rings (SSSR count). The summed E-state index contributed by atoms with van der Waals surface area (Å²) in [6.07, 6.45) is 1.88. The maximum absolute atomic E-state index is 9.14. The van der Waals surface area contributed by atoms with Gasteiger partial charge in [0.05, 0.1) is 0 Å². The molecule has 88 valence electrons. The summed E-state index contributed by atoms with van der Waals surface area (Å²) < 4.78 is 1.19. The summed E-state index contributed by atoms with van der Waals surface area (Å²) >= 11 is 3.61. The van der Waals surface area contributed by atoms with Crippen LogP contribution in [0.5, 0.6) is 0 Å². The Hall–Kier alpha value is -0.540. The third kappa shape index (κ3) is 1.98. The molecule has 0 amide bonds. The molecule has 1 aliphatic rings. The topological polar surface area (TPSA) is 23.5 Å². The Labute approximate surface area is 105 Å². The quantitative estimate of drug-likeness (QED) is 0.922.